The predicted molar refractivity (Wildman–Crippen MR) is 109 cm³/mol. The van der Waals surface area contributed by atoms with E-state index in [0.29, 0.717) is 17.1 Å². The first kappa shape index (κ1) is 20.7. The van der Waals surface area contributed by atoms with Crippen molar-refractivity contribution in [1.82, 2.24) is 15.5 Å². The van der Waals surface area contributed by atoms with Crippen LogP contribution in [0.25, 0.3) is 0 Å². The largest absolute Gasteiger partial charge is 0.454 e. The van der Waals surface area contributed by atoms with Gasteiger partial charge in [0.2, 0.25) is 12.7 Å². The number of aliphatic hydroxyl groups excluding tert-OH is 1. The van der Waals surface area contributed by atoms with Crippen LogP contribution >= 0.6 is 0 Å². The topological polar surface area (TPSA) is 117 Å². The zero-order chi connectivity index (χ0) is 21.8. The lowest BCUT2D eigenvalue weighted by Gasteiger charge is -2.14. The summed E-state index contributed by atoms with van der Waals surface area (Å²) < 4.78 is 10.6. The zero-order valence-corrected chi connectivity index (χ0v) is 16.7. The average Bonchev–Trinajstić information content (AvgIpc) is 3.36. The van der Waals surface area contributed by atoms with E-state index in [-0.39, 0.29) is 44.5 Å². The number of amides is 4. The minimum absolute atomic E-state index is 0.0516. The van der Waals surface area contributed by atoms with Crippen LogP contribution < -0.4 is 20.1 Å². The molecular weight excluding hydrogens is 402 g/mol. The summed E-state index contributed by atoms with van der Waals surface area (Å²) in [6.45, 7) is 0.325. The van der Waals surface area contributed by atoms with Gasteiger partial charge in [-0.25, -0.2) is 4.79 Å². The van der Waals surface area contributed by atoms with Gasteiger partial charge < -0.3 is 25.2 Å². The number of imide groups is 1. The van der Waals surface area contributed by atoms with Crippen LogP contribution in [0, 0.1) is 0 Å². The first-order valence-corrected chi connectivity index (χ1v) is 10.0. The molecule has 1 saturated heterocycles. The molecule has 4 rings (SSSR count). The van der Waals surface area contributed by atoms with Gasteiger partial charge in [-0.1, -0.05) is 36.4 Å². The van der Waals surface area contributed by atoms with Crippen molar-refractivity contribution in [3.63, 3.8) is 0 Å². The number of rotatable bonds is 8. The van der Waals surface area contributed by atoms with E-state index in [0.717, 1.165) is 10.5 Å². The highest BCUT2D eigenvalue weighted by Gasteiger charge is 2.38. The van der Waals surface area contributed by atoms with Crippen LogP contribution in [0.3, 0.4) is 0 Å². The summed E-state index contributed by atoms with van der Waals surface area (Å²) in [5.74, 6) is 0.531. The van der Waals surface area contributed by atoms with E-state index in [1.807, 2.05) is 18.2 Å². The molecule has 0 spiro atoms. The molecule has 9 nitrogen and oxygen atoms in total. The van der Waals surface area contributed by atoms with Gasteiger partial charge in [0.05, 0.1) is 12.6 Å². The van der Waals surface area contributed by atoms with Crippen LogP contribution in [-0.2, 0) is 16.1 Å². The third-order valence-electron chi connectivity index (χ3n) is 5.22. The molecule has 1 fully saturated rings. The fourth-order valence-corrected chi connectivity index (χ4v) is 3.51. The molecule has 0 bridgehead atoms. The Morgan fingerprint density at radius 3 is 2.74 bits per heavy atom. The van der Waals surface area contributed by atoms with Gasteiger partial charge in [-0.15, -0.1) is 0 Å². The lowest BCUT2D eigenvalue weighted by atomic mass is 10.1. The number of nitrogens with zero attached hydrogens (tertiary/aromatic N) is 1. The Labute approximate surface area is 178 Å². The number of benzene rings is 2. The number of hydrogen-bond acceptors (Lipinski definition) is 6. The Bertz CT molecular complexity index is 980. The van der Waals surface area contributed by atoms with Crippen molar-refractivity contribution in [3.8, 4) is 11.5 Å². The van der Waals surface area contributed by atoms with Crippen LogP contribution in [0.2, 0.25) is 0 Å². The van der Waals surface area contributed by atoms with Gasteiger partial charge >= 0.3 is 6.03 Å². The van der Waals surface area contributed by atoms with Crippen molar-refractivity contribution < 1.29 is 29.0 Å². The van der Waals surface area contributed by atoms with Crippen LogP contribution in [0.1, 0.15) is 30.1 Å². The number of ether oxygens (including phenoxy) is 2. The molecule has 0 radical (unpaired) electrons. The highest BCUT2D eigenvalue weighted by molar-refractivity contribution is 6.04. The highest BCUT2D eigenvalue weighted by Crippen LogP contribution is 2.33. The first-order chi connectivity index (χ1) is 15.0. The van der Waals surface area contributed by atoms with E-state index in [4.69, 9.17) is 9.47 Å². The van der Waals surface area contributed by atoms with E-state index in [1.165, 1.54) is 0 Å². The van der Waals surface area contributed by atoms with Gasteiger partial charge in [-0.2, -0.15) is 0 Å². The molecule has 31 heavy (non-hydrogen) atoms. The number of urea groups is 1. The van der Waals surface area contributed by atoms with Gasteiger partial charge in [0.25, 0.3) is 5.91 Å². The second-order valence-corrected chi connectivity index (χ2v) is 7.38. The smallest absolute Gasteiger partial charge is 0.325 e. The van der Waals surface area contributed by atoms with Crippen LogP contribution in [0.15, 0.2) is 48.5 Å². The van der Waals surface area contributed by atoms with E-state index in [9.17, 15) is 19.5 Å². The molecule has 0 aliphatic carbocycles. The normalized spacial score (nSPS) is 18.1. The number of carbonyl (C=O) groups excluding carboxylic acids is 3. The standard InChI is InChI=1S/C22H23N3O6/c26-17(15-4-2-1-3-5-15)11-23-20(27)9-7-16-21(28)25(22(29)24-16)12-14-6-8-18-19(10-14)31-13-30-18/h1-6,8,10,16-17,26H,7,9,11-13H2,(H,23,27)(H,24,29)/t16-,17-/m0/s1. The molecule has 0 aromatic heterocycles. The van der Waals surface area contributed by atoms with Crippen LogP contribution in [0.4, 0.5) is 4.79 Å². The van der Waals surface area contributed by atoms with Gasteiger partial charge in [-0.3, -0.25) is 14.5 Å². The van der Waals surface area contributed by atoms with Gasteiger partial charge in [0.15, 0.2) is 11.5 Å². The Morgan fingerprint density at radius 2 is 1.94 bits per heavy atom. The molecule has 3 N–H and O–H groups in total. The maximum absolute atomic E-state index is 12.6. The summed E-state index contributed by atoms with van der Waals surface area (Å²) >= 11 is 0. The number of carbonyl (C=O) groups is 3. The number of fused-ring (bicyclic) bond motifs is 1. The second-order valence-electron chi connectivity index (χ2n) is 7.38. The Morgan fingerprint density at radius 1 is 1.16 bits per heavy atom. The minimum Gasteiger partial charge on any atom is -0.454 e. The molecule has 9 heteroatoms. The maximum Gasteiger partial charge on any atom is 0.325 e. The molecule has 2 heterocycles. The first-order valence-electron chi connectivity index (χ1n) is 10.0. The molecule has 0 unspecified atom stereocenters. The number of aliphatic hydroxyl groups is 1. The Balaban J connectivity index is 1.25. The summed E-state index contributed by atoms with van der Waals surface area (Å²) in [5, 5.41) is 15.4. The van der Waals surface area contributed by atoms with Gasteiger partial charge in [0, 0.05) is 13.0 Å². The van der Waals surface area contributed by atoms with Crippen molar-refractivity contribution in [2.45, 2.75) is 31.5 Å². The van der Waals surface area contributed by atoms with Crippen molar-refractivity contribution >= 4 is 17.8 Å². The third kappa shape index (κ3) is 4.77. The summed E-state index contributed by atoms with van der Waals surface area (Å²) in [5.41, 5.74) is 1.45. The molecule has 2 aliphatic heterocycles. The van der Waals surface area contributed by atoms with E-state index < -0.39 is 18.2 Å². The molecule has 2 atom stereocenters. The monoisotopic (exact) mass is 425 g/mol. The zero-order valence-electron chi connectivity index (χ0n) is 16.7. The Hall–Kier alpha value is -3.59. The molecule has 2 aromatic rings. The summed E-state index contributed by atoms with van der Waals surface area (Å²) in [4.78, 5) is 38.1. The molecule has 2 aromatic carbocycles. The fourth-order valence-electron chi connectivity index (χ4n) is 3.51. The van der Waals surface area contributed by atoms with E-state index in [1.54, 1.807) is 30.3 Å². The van der Waals surface area contributed by atoms with Crippen molar-refractivity contribution in [2.24, 2.45) is 0 Å². The average molecular weight is 425 g/mol. The van der Waals surface area contributed by atoms with E-state index >= 15 is 0 Å². The summed E-state index contributed by atoms with van der Waals surface area (Å²) in [6, 6.07) is 13.0. The lowest BCUT2D eigenvalue weighted by Crippen LogP contribution is -2.33. The highest BCUT2D eigenvalue weighted by atomic mass is 16.7. The quantitative estimate of drug-likeness (QED) is 0.552. The fraction of sp³-hybridized carbons (Fsp3) is 0.318. The predicted octanol–water partition coefficient (Wildman–Crippen LogP) is 1.47. The third-order valence-corrected chi connectivity index (χ3v) is 5.22. The number of hydrogen-bond donors (Lipinski definition) is 3. The molecular formula is C22H23N3O6. The van der Waals surface area contributed by atoms with Gasteiger partial charge in [0.1, 0.15) is 6.04 Å². The second kappa shape index (κ2) is 9.05. The maximum atomic E-state index is 12.6. The SMILES string of the molecule is O=C(CC[C@@H]1NC(=O)N(Cc2ccc3c(c2)OCO3)C1=O)NC[C@H](O)c1ccccc1. The molecule has 4 amide bonds. The lowest BCUT2D eigenvalue weighted by molar-refractivity contribution is -0.128. The minimum atomic E-state index is -0.810. The van der Waals surface area contributed by atoms with Crippen molar-refractivity contribution in [3.05, 3.63) is 59.7 Å². The van der Waals surface area contributed by atoms with Crippen LogP contribution in [-0.4, -0.2) is 47.2 Å². The summed E-state index contributed by atoms with van der Waals surface area (Å²) in [6.07, 6.45) is -0.582. The van der Waals surface area contributed by atoms with Gasteiger partial charge in [-0.05, 0) is 29.7 Å². The molecule has 0 saturated carbocycles. The molecule has 2 aliphatic rings. The van der Waals surface area contributed by atoms with E-state index in [2.05, 4.69) is 10.6 Å². The Kier molecular flexibility index (Phi) is 6.03. The van der Waals surface area contributed by atoms with Crippen LogP contribution in [0.5, 0.6) is 11.5 Å². The summed E-state index contributed by atoms with van der Waals surface area (Å²) in [7, 11) is 0. The van der Waals surface area contributed by atoms with Crippen molar-refractivity contribution in [2.75, 3.05) is 13.3 Å². The molecule has 162 valence electrons. The van der Waals surface area contributed by atoms with Crippen molar-refractivity contribution in [1.29, 1.82) is 0 Å². The number of nitrogens with one attached hydrogen (secondary N) is 2.